The molecule has 18 heavy (non-hydrogen) atoms. The van der Waals surface area contributed by atoms with Gasteiger partial charge in [-0.3, -0.25) is 9.98 Å². The number of rotatable bonds is 3. The SMILES string of the molecule is C1=NCCc2ncc(NCC3CCOCC3)cc21. The molecule has 1 aromatic rings. The Kier molecular flexibility index (Phi) is 3.55. The number of ether oxygens (including phenoxy) is 1. The van der Waals surface area contributed by atoms with Crippen molar-refractivity contribution in [2.75, 3.05) is 31.6 Å². The molecule has 0 aliphatic carbocycles. The fourth-order valence-electron chi connectivity index (χ4n) is 2.47. The molecule has 2 aliphatic heterocycles. The van der Waals surface area contributed by atoms with Crippen molar-refractivity contribution in [3.8, 4) is 0 Å². The summed E-state index contributed by atoms with van der Waals surface area (Å²) >= 11 is 0. The number of anilines is 1. The van der Waals surface area contributed by atoms with E-state index in [1.54, 1.807) is 0 Å². The number of pyridine rings is 1. The maximum absolute atomic E-state index is 5.37. The van der Waals surface area contributed by atoms with Gasteiger partial charge in [0.25, 0.3) is 0 Å². The quantitative estimate of drug-likeness (QED) is 0.884. The molecule has 3 rings (SSSR count). The summed E-state index contributed by atoms with van der Waals surface area (Å²) in [6, 6.07) is 2.16. The van der Waals surface area contributed by atoms with Crippen molar-refractivity contribution >= 4 is 11.9 Å². The van der Waals surface area contributed by atoms with Gasteiger partial charge in [0.05, 0.1) is 17.6 Å². The topological polar surface area (TPSA) is 46.5 Å². The van der Waals surface area contributed by atoms with Crippen molar-refractivity contribution in [1.29, 1.82) is 0 Å². The Morgan fingerprint density at radius 1 is 1.33 bits per heavy atom. The average Bonchev–Trinajstić information content (AvgIpc) is 2.46. The second kappa shape index (κ2) is 5.48. The molecule has 96 valence electrons. The highest BCUT2D eigenvalue weighted by atomic mass is 16.5. The maximum atomic E-state index is 5.37. The van der Waals surface area contributed by atoms with Gasteiger partial charge >= 0.3 is 0 Å². The highest BCUT2D eigenvalue weighted by Gasteiger charge is 2.14. The van der Waals surface area contributed by atoms with Crippen LogP contribution in [0.2, 0.25) is 0 Å². The number of fused-ring (bicyclic) bond motifs is 1. The van der Waals surface area contributed by atoms with Crippen molar-refractivity contribution in [1.82, 2.24) is 4.98 Å². The lowest BCUT2D eigenvalue weighted by atomic mass is 10.0. The third kappa shape index (κ3) is 2.70. The normalized spacial score (nSPS) is 19.6. The fraction of sp³-hybridized carbons (Fsp3) is 0.571. The molecule has 0 radical (unpaired) electrons. The van der Waals surface area contributed by atoms with E-state index in [1.165, 1.54) is 11.3 Å². The molecule has 2 aliphatic rings. The first kappa shape index (κ1) is 11.7. The first-order valence-corrected chi connectivity index (χ1v) is 6.72. The third-order valence-electron chi connectivity index (χ3n) is 3.65. The number of nitrogens with zero attached hydrogens (tertiary/aromatic N) is 2. The van der Waals surface area contributed by atoms with Gasteiger partial charge in [0.15, 0.2) is 0 Å². The number of aliphatic imine (C=N–C) groups is 1. The van der Waals surface area contributed by atoms with E-state index in [-0.39, 0.29) is 0 Å². The lowest BCUT2D eigenvalue weighted by molar-refractivity contribution is 0.0699. The van der Waals surface area contributed by atoms with Crippen LogP contribution >= 0.6 is 0 Å². The van der Waals surface area contributed by atoms with E-state index in [2.05, 4.69) is 21.4 Å². The summed E-state index contributed by atoms with van der Waals surface area (Å²) < 4.78 is 5.37. The van der Waals surface area contributed by atoms with Gasteiger partial charge in [0.2, 0.25) is 0 Å². The molecule has 0 unspecified atom stereocenters. The monoisotopic (exact) mass is 245 g/mol. The molecule has 4 heteroatoms. The van der Waals surface area contributed by atoms with E-state index in [9.17, 15) is 0 Å². The second-order valence-electron chi connectivity index (χ2n) is 4.98. The Morgan fingerprint density at radius 2 is 2.22 bits per heavy atom. The van der Waals surface area contributed by atoms with Crippen molar-refractivity contribution < 1.29 is 4.74 Å². The predicted molar refractivity (Wildman–Crippen MR) is 72.4 cm³/mol. The summed E-state index contributed by atoms with van der Waals surface area (Å²) in [5.41, 5.74) is 3.44. The molecule has 0 bridgehead atoms. The van der Waals surface area contributed by atoms with Crippen LogP contribution < -0.4 is 5.32 Å². The van der Waals surface area contributed by atoms with E-state index >= 15 is 0 Å². The zero-order valence-corrected chi connectivity index (χ0v) is 10.6. The predicted octanol–water partition coefficient (Wildman–Crippen LogP) is 1.90. The molecule has 0 aromatic carbocycles. The van der Waals surface area contributed by atoms with Crippen LogP contribution in [0, 0.1) is 5.92 Å². The molecule has 3 heterocycles. The van der Waals surface area contributed by atoms with Crippen LogP contribution in [-0.4, -0.2) is 37.5 Å². The van der Waals surface area contributed by atoms with Gasteiger partial charge in [-0.05, 0) is 24.8 Å². The van der Waals surface area contributed by atoms with Crippen LogP contribution in [0.15, 0.2) is 17.3 Å². The first-order chi connectivity index (χ1) is 8.92. The van der Waals surface area contributed by atoms with Gasteiger partial charge in [0, 0.05) is 44.5 Å². The Bertz CT molecular complexity index is 439. The van der Waals surface area contributed by atoms with Crippen LogP contribution in [0.5, 0.6) is 0 Å². The van der Waals surface area contributed by atoms with Crippen molar-refractivity contribution in [3.05, 3.63) is 23.5 Å². The van der Waals surface area contributed by atoms with Crippen molar-refractivity contribution in [2.24, 2.45) is 10.9 Å². The molecular weight excluding hydrogens is 226 g/mol. The van der Waals surface area contributed by atoms with E-state index in [0.717, 1.165) is 57.2 Å². The highest BCUT2D eigenvalue weighted by molar-refractivity contribution is 5.83. The fourth-order valence-corrected chi connectivity index (χ4v) is 2.47. The first-order valence-electron chi connectivity index (χ1n) is 6.72. The van der Waals surface area contributed by atoms with Crippen LogP contribution in [0.1, 0.15) is 24.1 Å². The van der Waals surface area contributed by atoms with Crippen molar-refractivity contribution in [3.63, 3.8) is 0 Å². The molecule has 1 saturated heterocycles. The third-order valence-corrected chi connectivity index (χ3v) is 3.65. The zero-order valence-electron chi connectivity index (χ0n) is 10.6. The number of nitrogens with one attached hydrogen (secondary N) is 1. The summed E-state index contributed by atoms with van der Waals surface area (Å²) in [6.07, 6.45) is 7.16. The maximum Gasteiger partial charge on any atom is 0.0533 e. The number of hydrogen-bond donors (Lipinski definition) is 1. The summed E-state index contributed by atoms with van der Waals surface area (Å²) in [4.78, 5) is 8.80. The second-order valence-corrected chi connectivity index (χ2v) is 4.98. The van der Waals surface area contributed by atoms with Gasteiger partial charge in [-0.15, -0.1) is 0 Å². The number of aromatic nitrogens is 1. The van der Waals surface area contributed by atoms with Gasteiger partial charge in [-0.25, -0.2) is 0 Å². The van der Waals surface area contributed by atoms with E-state index in [0.29, 0.717) is 0 Å². The van der Waals surface area contributed by atoms with Gasteiger partial charge < -0.3 is 10.1 Å². The summed E-state index contributed by atoms with van der Waals surface area (Å²) in [5, 5.41) is 3.48. The van der Waals surface area contributed by atoms with Crippen molar-refractivity contribution in [2.45, 2.75) is 19.3 Å². The molecule has 1 aromatic heterocycles. The molecule has 4 nitrogen and oxygen atoms in total. The molecule has 1 N–H and O–H groups in total. The molecule has 0 atom stereocenters. The Morgan fingerprint density at radius 3 is 3.11 bits per heavy atom. The Labute approximate surface area is 107 Å². The molecule has 0 spiro atoms. The lowest BCUT2D eigenvalue weighted by Crippen LogP contribution is -2.22. The van der Waals surface area contributed by atoms with Crippen LogP contribution in [0.3, 0.4) is 0 Å². The molecule has 1 fully saturated rings. The Balaban J connectivity index is 1.61. The summed E-state index contributed by atoms with van der Waals surface area (Å²) in [5.74, 6) is 0.725. The van der Waals surface area contributed by atoms with Crippen LogP contribution in [0.25, 0.3) is 0 Å². The lowest BCUT2D eigenvalue weighted by Gasteiger charge is -2.22. The smallest absolute Gasteiger partial charge is 0.0533 e. The van der Waals surface area contributed by atoms with E-state index in [1.807, 2.05) is 12.4 Å². The Hall–Kier alpha value is -1.42. The van der Waals surface area contributed by atoms with Crippen LogP contribution in [0.4, 0.5) is 5.69 Å². The molecule has 0 saturated carbocycles. The molecular formula is C14H19N3O. The average molecular weight is 245 g/mol. The minimum absolute atomic E-state index is 0.725. The van der Waals surface area contributed by atoms with Gasteiger partial charge in [0.1, 0.15) is 0 Å². The standard InChI is InChI=1S/C14H19N3O/c1-4-15-9-12-7-13(10-17-14(1)12)16-8-11-2-5-18-6-3-11/h7,9-11,16H,1-6,8H2. The largest absolute Gasteiger partial charge is 0.384 e. The van der Waals surface area contributed by atoms with Gasteiger partial charge in [-0.2, -0.15) is 0 Å². The summed E-state index contributed by atoms with van der Waals surface area (Å²) in [6.45, 7) is 3.69. The summed E-state index contributed by atoms with van der Waals surface area (Å²) in [7, 11) is 0. The van der Waals surface area contributed by atoms with E-state index in [4.69, 9.17) is 4.74 Å². The van der Waals surface area contributed by atoms with Crippen LogP contribution in [-0.2, 0) is 11.2 Å². The number of hydrogen-bond acceptors (Lipinski definition) is 4. The zero-order chi connectivity index (χ0) is 12.2. The molecule has 0 amide bonds. The minimum atomic E-state index is 0.725. The van der Waals surface area contributed by atoms with E-state index < -0.39 is 0 Å². The highest BCUT2D eigenvalue weighted by Crippen LogP contribution is 2.18. The minimum Gasteiger partial charge on any atom is -0.384 e. The van der Waals surface area contributed by atoms with Gasteiger partial charge in [-0.1, -0.05) is 0 Å².